The minimum absolute atomic E-state index is 0.232. The highest BCUT2D eigenvalue weighted by atomic mass is 16.6. The van der Waals surface area contributed by atoms with Gasteiger partial charge in [-0.3, -0.25) is 4.57 Å². The molecule has 1 aliphatic heterocycles. The van der Waals surface area contributed by atoms with Crippen LogP contribution in [-0.4, -0.2) is 48.0 Å². The van der Waals surface area contributed by atoms with Crippen LogP contribution in [0.1, 0.15) is 6.23 Å². The molecule has 1 fully saturated rings. The van der Waals surface area contributed by atoms with Crippen molar-refractivity contribution in [2.24, 2.45) is 0 Å². The largest absolute Gasteiger partial charge is 0.387 e. The van der Waals surface area contributed by atoms with Gasteiger partial charge in [0.15, 0.2) is 17.7 Å². The Balaban J connectivity index is 1.98. The number of anilines is 1. The van der Waals surface area contributed by atoms with Crippen LogP contribution < -0.4 is 5.73 Å². The first kappa shape index (κ1) is 13.5. The zero-order valence-electron chi connectivity index (χ0n) is 10.9. The molecule has 1 aliphatic rings. The van der Waals surface area contributed by atoms with E-state index in [1.54, 1.807) is 0 Å². The lowest BCUT2D eigenvalue weighted by molar-refractivity contribution is -0.0244. The van der Waals surface area contributed by atoms with Crippen LogP contribution in [0.3, 0.4) is 0 Å². The standard InChI is InChI=1S/C13H13N5O3/c1-2-3-4-7-9(19)10(20)13(21-7)18-6-17-8-11(14)15-5-16-12(8)18/h1,3-7,9-10,13,19-20H,(H2,14,15,16)/b4-3+/t7-,9-,10-,13-/m1/s1. The van der Waals surface area contributed by atoms with Crippen molar-refractivity contribution in [1.82, 2.24) is 19.5 Å². The summed E-state index contributed by atoms with van der Waals surface area (Å²) in [7, 11) is 0. The highest BCUT2D eigenvalue weighted by Gasteiger charge is 2.43. The van der Waals surface area contributed by atoms with Crippen LogP contribution in [0.4, 0.5) is 5.82 Å². The SMILES string of the molecule is C#C/C=C/[C@H]1O[C@@H](n2cnc3c(N)ncnc32)[C@H](O)[C@@H]1O. The topological polar surface area (TPSA) is 119 Å². The van der Waals surface area contributed by atoms with Gasteiger partial charge in [-0.2, -0.15) is 0 Å². The summed E-state index contributed by atoms with van der Waals surface area (Å²) in [6.07, 6.45) is 6.98. The summed E-state index contributed by atoms with van der Waals surface area (Å²) in [6.45, 7) is 0. The lowest BCUT2D eigenvalue weighted by atomic mass is 10.1. The Kier molecular flexibility index (Phi) is 3.31. The first-order chi connectivity index (χ1) is 10.1. The summed E-state index contributed by atoms with van der Waals surface area (Å²) < 4.78 is 7.12. The monoisotopic (exact) mass is 287 g/mol. The van der Waals surface area contributed by atoms with Crippen LogP contribution >= 0.6 is 0 Å². The fourth-order valence-electron chi connectivity index (χ4n) is 2.28. The van der Waals surface area contributed by atoms with Gasteiger partial charge in [0.1, 0.15) is 30.2 Å². The number of hydrogen-bond donors (Lipinski definition) is 3. The fourth-order valence-corrected chi connectivity index (χ4v) is 2.28. The number of imidazole rings is 1. The molecule has 0 radical (unpaired) electrons. The molecule has 3 heterocycles. The highest BCUT2D eigenvalue weighted by molar-refractivity contribution is 5.81. The number of fused-ring (bicyclic) bond motifs is 1. The van der Waals surface area contributed by atoms with Gasteiger partial charge in [0, 0.05) is 0 Å². The van der Waals surface area contributed by atoms with Gasteiger partial charge in [0.05, 0.1) is 6.33 Å². The lowest BCUT2D eigenvalue weighted by Crippen LogP contribution is -2.30. The number of allylic oxidation sites excluding steroid dienone is 1. The molecule has 2 aromatic rings. The zero-order valence-corrected chi connectivity index (χ0v) is 10.9. The van der Waals surface area contributed by atoms with E-state index in [4.69, 9.17) is 16.9 Å². The molecule has 0 spiro atoms. The van der Waals surface area contributed by atoms with Gasteiger partial charge in [-0.1, -0.05) is 5.92 Å². The van der Waals surface area contributed by atoms with Gasteiger partial charge in [0.2, 0.25) is 0 Å². The molecule has 4 atom stereocenters. The van der Waals surface area contributed by atoms with Crippen molar-refractivity contribution in [2.75, 3.05) is 5.73 Å². The van der Waals surface area contributed by atoms with Gasteiger partial charge in [-0.25, -0.2) is 15.0 Å². The molecule has 21 heavy (non-hydrogen) atoms. The highest BCUT2D eigenvalue weighted by Crippen LogP contribution is 2.32. The van der Waals surface area contributed by atoms with Crippen LogP contribution in [0.5, 0.6) is 0 Å². The van der Waals surface area contributed by atoms with E-state index in [2.05, 4.69) is 20.9 Å². The van der Waals surface area contributed by atoms with Gasteiger partial charge in [-0.05, 0) is 12.2 Å². The molecule has 2 aromatic heterocycles. The van der Waals surface area contributed by atoms with E-state index in [1.165, 1.54) is 29.4 Å². The predicted octanol–water partition coefficient (Wildman–Crippen LogP) is -0.783. The quantitative estimate of drug-likeness (QED) is 0.620. The summed E-state index contributed by atoms with van der Waals surface area (Å²) in [5, 5.41) is 20.1. The number of aliphatic hydroxyl groups excluding tert-OH is 2. The number of nitrogens with zero attached hydrogens (tertiary/aromatic N) is 4. The molecule has 0 aliphatic carbocycles. The van der Waals surface area contributed by atoms with E-state index in [-0.39, 0.29) is 5.82 Å². The number of hydrogen-bond acceptors (Lipinski definition) is 7. The van der Waals surface area contributed by atoms with E-state index in [9.17, 15) is 10.2 Å². The Morgan fingerprint density at radius 3 is 2.90 bits per heavy atom. The second kappa shape index (κ2) is 5.14. The van der Waals surface area contributed by atoms with Crippen molar-refractivity contribution in [3.8, 4) is 12.3 Å². The normalized spacial score (nSPS) is 29.2. The molecule has 8 nitrogen and oxygen atoms in total. The average molecular weight is 287 g/mol. The van der Waals surface area contributed by atoms with E-state index in [1.807, 2.05) is 0 Å². The third-order valence-electron chi connectivity index (χ3n) is 3.32. The summed E-state index contributed by atoms with van der Waals surface area (Å²) in [6, 6.07) is 0. The third kappa shape index (κ3) is 2.13. The Hall–Kier alpha value is -2.47. The van der Waals surface area contributed by atoms with Crippen molar-refractivity contribution in [2.45, 2.75) is 24.5 Å². The number of aromatic nitrogens is 4. The van der Waals surface area contributed by atoms with Crippen LogP contribution in [0, 0.1) is 12.3 Å². The van der Waals surface area contributed by atoms with E-state index in [0.717, 1.165) is 0 Å². The van der Waals surface area contributed by atoms with Crippen molar-refractivity contribution < 1.29 is 14.9 Å². The van der Waals surface area contributed by atoms with Gasteiger partial charge < -0.3 is 20.7 Å². The first-order valence-electron chi connectivity index (χ1n) is 6.21. The molecule has 108 valence electrons. The van der Waals surface area contributed by atoms with E-state index >= 15 is 0 Å². The summed E-state index contributed by atoms with van der Waals surface area (Å²) in [5.74, 6) is 2.54. The van der Waals surface area contributed by atoms with Crippen molar-refractivity contribution in [1.29, 1.82) is 0 Å². The minimum atomic E-state index is -1.15. The summed E-state index contributed by atoms with van der Waals surface area (Å²) in [4.78, 5) is 12.0. The van der Waals surface area contributed by atoms with Gasteiger partial charge in [-0.15, -0.1) is 6.42 Å². The molecule has 1 saturated heterocycles. The summed E-state index contributed by atoms with van der Waals surface area (Å²) >= 11 is 0. The number of rotatable bonds is 2. The Morgan fingerprint density at radius 1 is 1.33 bits per heavy atom. The van der Waals surface area contributed by atoms with Crippen LogP contribution in [-0.2, 0) is 4.74 Å². The van der Waals surface area contributed by atoms with Crippen molar-refractivity contribution >= 4 is 17.0 Å². The van der Waals surface area contributed by atoms with E-state index in [0.29, 0.717) is 11.2 Å². The van der Waals surface area contributed by atoms with Crippen LogP contribution in [0.25, 0.3) is 11.2 Å². The Morgan fingerprint density at radius 2 is 2.14 bits per heavy atom. The van der Waals surface area contributed by atoms with E-state index < -0.39 is 24.5 Å². The Bertz CT molecular complexity index is 735. The van der Waals surface area contributed by atoms with Crippen LogP contribution in [0.15, 0.2) is 24.8 Å². The number of nitrogen functional groups attached to an aromatic ring is 1. The molecule has 0 aromatic carbocycles. The molecule has 0 bridgehead atoms. The second-order valence-corrected chi connectivity index (χ2v) is 4.58. The van der Waals surface area contributed by atoms with Crippen molar-refractivity contribution in [3.05, 3.63) is 24.8 Å². The zero-order chi connectivity index (χ0) is 15.0. The summed E-state index contributed by atoms with van der Waals surface area (Å²) in [5.41, 5.74) is 6.53. The predicted molar refractivity (Wildman–Crippen MR) is 73.6 cm³/mol. The maximum Gasteiger partial charge on any atom is 0.167 e. The third-order valence-corrected chi connectivity index (χ3v) is 3.32. The molecule has 0 amide bonds. The smallest absolute Gasteiger partial charge is 0.167 e. The maximum atomic E-state index is 10.1. The maximum absolute atomic E-state index is 10.1. The fraction of sp³-hybridized carbons (Fsp3) is 0.308. The number of nitrogens with two attached hydrogens (primary N) is 1. The average Bonchev–Trinajstić information content (AvgIpc) is 3.02. The number of ether oxygens (including phenoxy) is 1. The van der Waals surface area contributed by atoms with Gasteiger partial charge in [0.25, 0.3) is 0 Å². The minimum Gasteiger partial charge on any atom is -0.387 e. The first-order valence-corrected chi connectivity index (χ1v) is 6.21. The number of aliphatic hydroxyl groups is 2. The molecular weight excluding hydrogens is 274 g/mol. The second-order valence-electron chi connectivity index (χ2n) is 4.58. The Labute approximate surface area is 119 Å². The molecule has 8 heteroatoms. The van der Waals surface area contributed by atoms with Gasteiger partial charge >= 0.3 is 0 Å². The molecule has 3 rings (SSSR count). The lowest BCUT2D eigenvalue weighted by Gasteiger charge is -2.16. The molecular formula is C13H13N5O3. The molecule has 0 unspecified atom stereocenters. The van der Waals surface area contributed by atoms with Crippen LogP contribution in [0.2, 0.25) is 0 Å². The molecule has 0 saturated carbocycles. The molecule has 4 N–H and O–H groups in total. The number of terminal acetylenes is 1. The van der Waals surface area contributed by atoms with Crippen molar-refractivity contribution in [3.63, 3.8) is 0 Å².